The van der Waals surface area contributed by atoms with Gasteiger partial charge in [0.25, 0.3) is 0 Å². The van der Waals surface area contributed by atoms with Crippen LogP contribution in [0.4, 0.5) is 14.6 Å². The molecule has 2 aliphatic heterocycles. The Kier molecular flexibility index (Phi) is 7.98. The van der Waals surface area contributed by atoms with E-state index >= 15 is 8.78 Å². The number of hydrogen-bond acceptors (Lipinski definition) is 9. The lowest BCUT2D eigenvalue weighted by Gasteiger charge is -2.45. The molecule has 14 heteroatoms. The van der Waals surface area contributed by atoms with E-state index in [4.69, 9.17) is 4.98 Å². The van der Waals surface area contributed by atoms with Crippen molar-refractivity contribution in [1.29, 1.82) is 5.26 Å². The number of carbonyl (C=O) groups is 1. The van der Waals surface area contributed by atoms with Gasteiger partial charge in [0.2, 0.25) is 5.91 Å². The predicted octanol–water partition coefficient (Wildman–Crippen LogP) is 4.29. The van der Waals surface area contributed by atoms with Crippen LogP contribution in [0.3, 0.4) is 0 Å². The smallest absolute Gasteiger partial charge is 0.349 e. The molecule has 0 saturated carbocycles. The van der Waals surface area contributed by atoms with Gasteiger partial charge in [-0.25, -0.2) is 27.8 Å². The van der Waals surface area contributed by atoms with Gasteiger partial charge in [-0.2, -0.15) is 10.2 Å². The zero-order valence-corrected chi connectivity index (χ0v) is 27.1. The lowest BCUT2D eigenvalue weighted by molar-refractivity contribution is -0.129. The molecule has 4 aromatic heterocycles. The molecule has 0 N–H and O–H groups in total. The molecule has 0 spiro atoms. The fraction of sp³-hybridized carbons (Fsp3) is 0.314. The normalized spacial score (nSPS) is 17.2. The molecule has 5 aromatic rings. The van der Waals surface area contributed by atoms with Crippen molar-refractivity contribution in [2.24, 2.45) is 0 Å². The average molecular weight is 663 g/mol. The molecule has 7 rings (SSSR count). The van der Waals surface area contributed by atoms with Crippen molar-refractivity contribution in [2.45, 2.75) is 58.2 Å². The average Bonchev–Trinajstić information content (AvgIpc) is 3.51. The molecule has 49 heavy (non-hydrogen) atoms. The predicted molar refractivity (Wildman–Crippen MR) is 177 cm³/mol. The number of nitrogens with zero attached hydrogens (tertiary/aromatic N) is 10. The number of halogens is 2. The summed E-state index contributed by atoms with van der Waals surface area (Å²) in [6.07, 6.45) is 4.90. The van der Waals surface area contributed by atoms with E-state index in [9.17, 15) is 14.9 Å². The van der Waals surface area contributed by atoms with E-state index in [1.807, 2.05) is 20.8 Å². The zero-order chi connectivity index (χ0) is 34.6. The Hall–Kier alpha value is -5.84. The number of nitriles is 1. The Labute approximate surface area is 280 Å². The van der Waals surface area contributed by atoms with Crippen molar-refractivity contribution in [3.05, 3.63) is 100 Å². The van der Waals surface area contributed by atoms with E-state index in [0.29, 0.717) is 28.2 Å². The van der Waals surface area contributed by atoms with Crippen LogP contribution in [0, 0.1) is 23.0 Å². The highest BCUT2D eigenvalue weighted by molar-refractivity contribution is 5.91. The summed E-state index contributed by atoms with van der Waals surface area (Å²) in [6, 6.07) is 8.67. The van der Waals surface area contributed by atoms with E-state index in [0.717, 1.165) is 0 Å². The van der Waals surface area contributed by atoms with E-state index in [2.05, 4.69) is 32.9 Å². The summed E-state index contributed by atoms with van der Waals surface area (Å²) >= 11 is 0. The van der Waals surface area contributed by atoms with E-state index in [1.165, 1.54) is 28.8 Å². The van der Waals surface area contributed by atoms with Crippen LogP contribution in [0.2, 0.25) is 0 Å². The Balaban J connectivity index is 1.56. The van der Waals surface area contributed by atoms with Gasteiger partial charge in [0.05, 0.1) is 47.5 Å². The van der Waals surface area contributed by atoms with Crippen molar-refractivity contribution < 1.29 is 13.6 Å². The van der Waals surface area contributed by atoms with Gasteiger partial charge in [-0.1, -0.05) is 37.8 Å². The minimum absolute atomic E-state index is 0.0195. The number of piperazine rings is 1. The first kappa shape index (κ1) is 31.7. The number of anilines is 1. The molecule has 1 saturated heterocycles. The molecule has 2 unspecified atom stereocenters. The molecule has 1 fully saturated rings. The van der Waals surface area contributed by atoms with Crippen LogP contribution in [-0.4, -0.2) is 70.5 Å². The molecule has 0 aliphatic carbocycles. The molecule has 1 amide bonds. The minimum atomic E-state index is -0.821. The van der Waals surface area contributed by atoms with Crippen LogP contribution < -0.4 is 10.6 Å². The Morgan fingerprint density at radius 1 is 1.16 bits per heavy atom. The maximum absolute atomic E-state index is 16.5. The lowest BCUT2D eigenvalue weighted by Crippen LogP contribution is -2.59. The number of carbonyl (C=O) groups excluding carboxylic acids is 1. The highest BCUT2D eigenvalue weighted by Gasteiger charge is 2.36. The largest absolute Gasteiger partial charge is 0.355 e. The molecule has 1 aromatic carbocycles. The second kappa shape index (κ2) is 12.3. The van der Waals surface area contributed by atoms with Crippen LogP contribution in [0.5, 0.6) is 0 Å². The maximum atomic E-state index is 16.5. The molecule has 0 radical (unpaired) electrons. The van der Waals surface area contributed by atoms with Crippen molar-refractivity contribution in [1.82, 2.24) is 39.4 Å². The van der Waals surface area contributed by atoms with Crippen molar-refractivity contribution in [2.75, 3.05) is 18.0 Å². The van der Waals surface area contributed by atoms with Gasteiger partial charge in [-0.3, -0.25) is 9.78 Å². The molecule has 2 atom stereocenters. The summed E-state index contributed by atoms with van der Waals surface area (Å²) in [5.41, 5.74) is 1.73. The highest BCUT2D eigenvalue weighted by Crippen LogP contribution is 2.36. The Morgan fingerprint density at radius 3 is 2.73 bits per heavy atom. The standard InChI is InChI=1S/C35H32F2N10O2/c1-5-28(48)46-15-20(4)45(18-24(46)9-11-38)33-25-14-27(37)31-29-22(7-6-8-26(29)36)16-44-17-23(42-43-44)13-21-10-12-39-30(19(2)3)32(21)47(34(25)40-31)35(49)41-33/h5-8,10,12,14,17,19-20,24H,1,9,13,15-16,18H2,2-4H3. The molecular weight excluding hydrogens is 630 g/mol. The summed E-state index contributed by atoms with van der Waals surface area (Å²) in [5.74, 6) is -1.84. The highest BCUT2D eigenvalue weighted by atomic mass is 19.1. The minimum Gasteiger partial charge on any atom is -0.349 e. The van der Waals surface area contributed by atoms with Gasteiger partial charge in [0.1, 0.15) is 23.1 Å². The summed E-state index contributed by atoms with van der Waals surface area (Å²) < 4.78 is 35.2. The molecular formula is C35H32F2N10O2. The fourth-order valence-electron chi connectivity index (χ4n) is 6.87. The van der Waals surface area contributed by atoms with Crippen LogP contribution >= 0.6 is 0 Å². The van der Waals surface area contributed by atoms with Crippen molar-refractivity contribution in [3.8, 4) is 23.0 Å². The summed E-state index contributed by atoms with van der Waals surface area (Å²) in [7, 11) is 0. The first-order chi connectivity index (χ1) is 23.6. The van der Waals surface area contributed by atoms with Gasteiger partial charge in [-0.05, 0) is 48.2 Å². The van der Waals surface area contributed by atoms with Crippen molar-refractivity contribution >= 4 is 22.8 Å². The molecule has 12 nitrogen and oxygen atoms in total. The quantitative estimate of drug-likeness (QED) is 0.253. The number of pyridine rings is 2. The number of rotatable bonds is 4. The third-order valence-electron chi connectivity index (χ3n) is 9.13. The van der Waals surface area contributed by atoms with Gasteiger partial charge in [-0.15, -0.1) is 5.10 Å². The summed E-state index contributed by atoms with van der Waals surface area (Å²) in [5, 5.41) is 18.4. The number of fused-ring (bicyclic) bond motifs is 7. The molecule has 6 heterocycles. The number of aromatic nitrogens is 7. The molecule has 248 valence electrons. The topological polar surface area (TPSA) is 139 Å². The van der Waals surface area contributed by atoms with E-state index in [1.54, 1.807) is 39.0 Å². The second-order valence-electron chi connectivity index (χ2n) is 12.7. The third kappa shape index (κ3) is 5.41. The summed E-state index contributed by atoms with van der Waals surface area (Å²) in [4.78, 5) is 44.5. The monoisotopic (exact) mass is 662 g/mol. The molecule has 2 aliphatic rings. The Morgan fingerprint density at radius 2 is 1.98 bits per heavy atom. The number of benzene rings is 1. The van der Waals surface area contributed by atoms with Gasteiger partial charge >= 0.3 is 5.69 Å². The number of amides is 1. The van der Waals surface area contributed by atoms with Crippen LogP contribution in [0.25, 0.3) is 28.0 Å². The SMILES string of the molecule is C=CC(=O)N1CC(C)N(c2nc(=O)n3c4nc(c(F)cc24)-c2c(F)cccc2Cn2cc(nn2)Cc2ccnc(C(C)C)c2-3)CC1CC#N. The van der Waals surface area contributed by atoms with Crippen LogP contribution in [0.1, 0.15) is 55.6 Å². The molecule has 4 bridgehead atoms. The van der Waals surface area contributed by atoms with E-state index in [-0.39, 0.29) is 78.5 Å². The van der Waals surface area contributed by atoms with Crippen LogP contribution in [-0.2, 0) is 17.8 Å². The third-order valence-corrected chi connectivity index (χ3v) is 9.13. The Bertz CT molecular complexity index is 2260. The van der Waals surface area contributed by atoms with Gasteiger partial charge in [0, 0.05) is 43.5 Å². The number of hydrogen-bond donors (Lipinski definition) is 0. The van der Waals surface area contributed by atoms with Crippen molar-refractivity contribution in [3.63, 3.8) is 0 Å². The lowest BCUT2D eigenvalue weighted by atomic mass is 10.0. The summed E-state index contributed by atoms with van der Waals surface area (Å²) in [6.45, 7) is 9.79. The first-order valence-electron chi connectivity index (χ1n) is 15.9. The van der Waals surface area contributed by atoms with Gasteiger partial charge < -0.3 is 9.80 Å². The second-order valence-corrected chi connectivity index (χ2v) is 12.7. The van der Waals surface area contributed by atoms with E-state index < -0.39 is 23.4 Å². The maximum Gasteiger partial charge on any atom is 0.355 e. The van der Waals surface area contributed by atoms with Crippen LogP contribution in [0.15, 0.2) is 60.2 Å². The van der Waals surface area contributed by atoms with Gasteiger partial charge in [0.15, 0.2) is 5.65 Å². The first-order valence-corrected chi connectivity index (χ1v) is 15.9. The zero-order valence-electron chi connectivity index (χ0n) is 27.1. The fourth-order valence-corrected chi connectivity index (χ4v) is 6.87.